The molecule has 0 aliphatic carbocycles. The Kier molecular flexibility index (Phi) is 4.12. The highest BCUT2D eigenvalue weighted by atomic mass is 35.5. The van der Waals surface area contributed by atoms with Gasteiger partial charge in [0.15, 0.2) is 5.82 Å². The smallest absolute Gasteiger partial charge is 0.224 e. The molecule has 0 aliphatic rings. The summed E-state index contributed by atoms with van der Waals surface area (Å²) >= 11 is 12.0. The maximum Gasteiger partial charge on any atom is 0.224 e. The number of nitrogens with two attached hydrogens (primary N) is 1. The second-order valence-electron chi connectivity index (χ2n) is 4.23. The van der Waals surface area contributed by atoms with Crippen LogP contribution in [0.1, 0.15) is 18.5 Å². The lowest BCUT2D eigenvalue weighted by molar-refractivity contribution is 0.728. The van der Waals surface area contributed by atoms with E-state index < -0.39 is 0 Å². The van der Waals surface area contributed by atoms with Crippen molar-refractivity contribution in [1.82, 2.24) is 9.97 Å². The van der Waals surface area contributed by atoms with E-state index in [1.165, 1.54) is 6.20 Å². The monoisotopic (exact) mass is 296 g/mol. The number of nitrogens with zero attached hydrogens (tertiary/aromatic N) is 3. The van der Waals surface area contributed by atoms with E-state index in [0.717, 1.165) is 5.56 Å². The molecule has 0 aliphatic heterocycles. The van der Waals surface area contributed by atoms with Crippen LogP contribution in [0.2, 0.25) is 10.3 Å². The molecule has 2 aromatic rings. The molecule has 1 unspecified atom stereocenters. The topological polar surface area (TPSA) is 55.0 Å². The first-order valence-corrected chi connectivity index (χ1v) is 6.51. The van der Waals surface area contributed by atoms with Crippen LogP contribution in [0, 0.1) is 0 Å². The fourth-order valence-electron chi connectivity index (χ4n) is 1.85. The summed E-state index contributed by atoms with van der Waals surface area (Å²) in [5, 5.41) is 0.878. The summed E-state index contributed by atoms with van der Waals surface area (Å²) in [6.07, 6.45) is 1.50. The van der Waals surface area contributed by atoms with Crippen molar-refractivity contribution in [3.63, 3.8) is 0 Å². The maximum atomic E-state index is 6.20. The van der Waals surface area contributed by atoms with Gasteiger partial charge in [-0.25, -0.2) is 4.98 Å². The summed E-state index contributed by atoms with van der Waals surface area (Å²) < 4.78 is 0. The largest absolute Gasteiger partial charge is 0.394 e. The quantitative estimate of drug-likeness (QED) is 0.880. The van der Waals surface area contributed by atoms with Gasteiger partial charge in [0.1, 0.15) is 0 Å². The zero-order valence-electron chi connectivity index (χ0n) is 10.6. The lowest BCUT2D eigenvalue weighted by atomic mass is 10.1. The van der Waals surface area contributed by atoms with Crippen LogP contribution < -0.4 is 10.6 Å². The van der Waals surface area contributed by atoms with Crippen molar-refractivity contribution in [3.8, 4) is 0 Å². The molecule has 0 fully saturated rings. The first kappa shape index (κ1) is 13.9. The molecule has 2 rings (SSSR count). The molecule has 0 saturated heterocycles. The van der Waals surface area contributed by atoms with Crippen LogP contribution in [0.25, 0.3) is 0 Å². The molecule has 0 radical (unpaired) electrons. The maximum absolute atomic E-state index is 6.20. The Labute approximate surface area is 122 Å². The summed E-state index contributed by atoms with van der Waals surface area (Å²) in [6.45, 7) is 2.02. The van der Waals surface area contributed by atoms with Gasteiger partial charge in [-0.15, -0.1) is 0 Å². The van der Waals surface area contributed by atoms with Gasteiger partial charge in [-0.3, -0.25) is 0 Å². The van der Waals surface area contributed by atoms with E-state index in [2.05, 4.69) is 9.97 Å². The van der Waals surface area contributed by atoms with Crippen LogP contribution >= 0.6 is 23.2 Å². The highest BCUT2D eigenvalue weighted by molar-refractivity contribution is 6.31. The summed E-state index contributed by atoms with van der Waals surface area (Å²) in [4.78, 5) is 9.93. The van der Waals surface area contributed by atoms with Gasteiger partial charge in [0.25, 0.3) is 0 Å². The molecule has 2 N–H and O–H groups in total. The molecule has 1 aromatic heterocycles. The first-order valence-electron chi connectivity index (χ1n) is 5.76. The normalized spacial score (nSPS) is 12.2. The van der Waals surface area contributed by atoms with Crippen LogP contribution in [0.3, 0.4) is 0 Å². The van der Waals surface area contributed by atoms with Crippen molar-refractivity contribution < 1.29 is 0 Å². The molecule has 0 saturated carbocycles. The standard InChI is InChI=1S/C13H14Cl2N4/c1-8(9-5-3-4-6-10(9)14)19(2)12-11(16)7-17-13(15)18-12/h3-8H,16H2,1-2H3. The molecule has 1 aromatic carbocycles. The Morgan fingerprint density at radius 1 is 1.26 bits per heavy atom. The van der Waals surface area contributed by atoms with Gasteiger partial charge in [0, 0.05) is 12.1 Å². The van der Waals surface area contributed by atoms with E-state index in [4.69, 9.17) is 28.9 Å². The number of nitrogen functional groups attached to an aromatic ring is 1. The van der Waals surface area contributed by atoms with Gasteiger partial charge in [-0.05, 0) is 30.2 Å². The molecular weight excluding hydrogens is 283 g/mol. The predicted octanol–water partition coefficient (Wildman–Crippen LogP) is 3.56. The van der Waals surface area contributed by atoms with E-state index >= 15 is 0 Å². The summed E-state index contributed by atoms with van der Waals surface area (Å²) in [5.74, 6) is 0.590. The predicted molar refractivity (Wildman–Crippen MR) is 79.7 cm³/mol. The molecule has 1 heterocycles. The third-order valence-corrected chi connectivity index (χ3v) is 3.56. The average molecular weight is 297 g/mol. The Balaban J connectivity index is 2.36. The zero-order chi connectivity index (χ0) is 14.0. The molecule has 100 valence electrons. The minimum Gasteiger partial charge on any atom is -0.394 e. The summed E-state index contributed by atoms with van der Waals surface area (Å²) in [6, 6.07) is 7.69. The van der Waals surface area contributed by atoms with Crippen molar-refractivity contribution in [1.29, 1.82) is 0 Å². The van der Waals surface area contributed by atoms with Crippen LogP contribution in [0.15, 0.2) is 30.5 Å². The van der Waals surface area contributed by atoms with Crippen LogP contribution in [0.5, 0.6) is 0 Å². The molecule has 19 heavy (non-hydrogen) atoms. The number of hydrogen-bond donors (Lipinski definition) is 1. The fourth-order valence-corrected chi connectivity index (χ4v) is 2.27. The number of halogens is 2. The van der Waals surface area contributed by atoms with Crippen molar-refractivity contribution >= 4 is 34.7 Å². The van der Waals surface area contributed by atoms with Crippen LogP contribution in [0.4, 0.5) is 11.5 Å². The second kappa shape index (κ2) is 5.63. The number of anilines is 2. The lowest BCUT2D eigenvalue weighted by Crippen LogP contribution is -2.24. The molecule has 1 atom stereocenters. The minimum atomic E-state index is 0.0157. The van der Waals surface area contributed by atoms with Crippen LogP contribution in [-0.4, -0.2) is 17.0 Å². The Hall–Kier alpha value is -1.52. The third-order valence-electron chi connectivity index (χ3n) is 3.04. The molecule has 0 amide bonds. The highest BCUT2D eigenvalue weighted by Crippen LogP contribution is 2.31. The van der Waals surface area contributed by atoms with Crippen molar-refractivity contribution in [3.05, 3.63) is 46.3 Å². The molecular formula is C13H14Cl2N4. The number of aromatic nitrogens is 2. The average Bonchev–Trinajstić information content (AvgIpc) is 2.40. The Morgan fingerprint density at radius 2 is 1.95 bits per heavy atom. The number of hydrogen-bond acceptors (Lipinski definition) is 4. The van der Waals surface area contributed by atoms with Gasteiger partial charge < -0.3 is 10.6 Å². The van der Waals surface area contributed by atoms with E-state index in [0.29, 0.717) is 16.5 Å². The number of rotatable bonds is 3. The summed E-state index contributed by atoms with van der Waals surface area (Å²) in [5.41, 5.74) is 7.36. The minimum absolute atomic E-state index is 0.0157. The van der Waals surface area contributed by atoms with Crippen molar-refractivity contribution in [2.75, 3.05) is 17.7 Å². The summed E-state index contributed by atoms with van der Waals surface area (Å²) in [7, 11) is 1.89. The van der Waals surface area contributed by atoms with Crippen molar-refractivity contribution in [2.45, 2.75) is 13.0 Å². The van der Waals surface area contributed by atoms with Gasteiger partial charge in [-0.1, -0.05) is 29.8 Å². The number of benzene rings is 1. The van der Waals surface area contributed by atoms with Gasteiger partial charge >= 0.3 is 0 Å². The van der Waals surface area contributed by atoms with Gasteiger partial charge in [0.05, 0.1) is 17.9 Å². The zero-order valence-corrected chi connectivity index (χ0v) is 12.2. The molecule has 0 bridgehead atoms. The van der Waals surface area contributed by atoms with E-state index in [1.807, 2.05) is 43.1 Å². The van der Waals surface area contributed by atoms with Crippen LogP contribution in [-0.2, 0) is 0 Å². The molecule has 6 heteroatoms. The molecule has 0 spiro atoms. The van der Waals surface area contributed by atoms with Gasteiger partial charge in [-0.2, -0.15) is 4.98 Å². The van der Waals surface area contributed by atoms with E-state index in [-0.39, 0.29) is 11.3 Å². The second-order valence-corrected chi connectivity index (χ2v) is 4.97. The van der Waals surface area contributed by atoms with E-state index in [9.17, 15) is 0 Å². The first-order chi connectivity index (χ1) is 9.00. The Morgan fingerprint density at radius 3 is 2.63 bits per heavy atom. The Bertz CT molecular complexity index is 589. The molecule has 4 nitrogen and oxygen atoms in total. The highest BCUT2D eigenvalue weighted by Gasteiger charge is 2.18. The van der Waals surface area contributed by atoms with Crippen molar-refractivity contribution in [2.24, 2.45) is 0 Å². The fraction of sp³-hybridized carbons (Fsp3) is 0.231. The van der Waals surface area contributed by atoms with E-state index in [1.54, 1.807) is 0 Å². The lowest BCUT2D eigenvalue weighted by Gasteiger charge is -2.27. The SMILES string of the molecule is CC(c1ccccc1Cl)N(C)c1nc(Cl)ncc1N. The third kappa shape index (κ3) is 2.91. The van der Waals surface area contributed by atoms with Gasteiger partial charge in [0.2, 0.25) is 5.28 Å².